The van der Waals surface area contributed by atoms with Gasteiger partial charge in [0.05, 0.1) is 6.10 Å². The zero-order chi connectivity index (χ0) is 19.2. The number of aliphatic hydroxyl groups is 1. The third-order valence-corrected chi connectivity index (χ3v) is 4.45. The molecule has 1 unspecified atom stereocenters. The monoisotopic (exact) mass is 382 g/mol. The number of fused-ring (bicyclic) bond motifs is 1. The smallest absolute Gasteiger partial charge is 0.313 e. The van der Waals surface area contributed by atoms with E-state index >= 15 is 0 Å². The zero-order valence-electron chi connectivity index (χ0n) is 14.5. The van der Waals surface area contributed by atoms with E-state index in [0.717, 1.165) is 16.3 Å². The van der Waals surface area contributed by atoms with Crippen molar-refractivity contribution in [1.82, 2.24) is 5.32 Å². The summed E-state index contributed by atoms with van der Waals surface area (Å²) in [5.41, 5.74) is 1.28. The molecule has 0 saturated heterocycles. The summed E-state index contributed by atoms with van der Waals surface area (Å²) in [6, 6.07) is 20.0. The minimum absolute atomic E-state index is 0.178. The van der Waals surface area contributed by atoms with Crippen molar-refractivity contribution in [1.29, 1.82) is 0 Å². The van der Waals surface area contributed by atoms with E-state index in [1.54, 1.807) is 24.3 Å². The van der Waals surface area contributed by atoms with E-state index in [-0.39, 0.29) is 6.54 Å². The van der Waals surface area contributed by atoms with Crippen molar-refractivity contribution >= 4 is 39.9 Å². The molecule has 0 fully saturated rings. The number of benzene rings is 3. The van der Waals surface area contributed by atoms with Crippen LogP contribution in [0.15, 0.2) is 66.7 Å². The SMILES string of the molecule is O=C(NCCC(O)c1cccc2ccccc12)C(=O)Nc1ccc(Cl)cc1. The van der Waals surface area contributed by atoms with Crippen LogP contribution in [0, 0.1) is 0 Å². The van der Waals surface area contributed by atoms with Gasteiger partial charge in [0.25, 0.3) is 0 Å². The van der Waals surface area contributed by atoms with Gasteiger partial charge >= 0.3 is 11.8 Å². The molecule has 6 heteroatoms. The summed E-state index contributed by atoms with van der Waals surface area (Å²) in [6.45, 7) is 0.178. The maximum absolute atomic E-state index is 11.9. The second-order valence-corrected chi connectivity index (χ2v) is 6.53. The van der Waals surface area contributed by atoms with Gasteiger partial charge in [0.1, 0.15) is 0 Å². The molecule has 3 aromatic rings. The number of anilines is 1. The number of carbonyl (C=O) groups excluding carboxylic acids is 2. The van der Waals surface area contributed by atoms with Crippen LogP contribution in [0.4, 0.5) is 5.69 Å². The van der Waals surface area contributed by atoms with Crippen molar-refractivity contribution in [3.63, 3.8) is 0 Å². The van der Waals surface area contributed by atoms with Crippen LogP contribution in [0.1, 0.15) is 18.1 Å². The van der Waals surface area contributed by atoms with Crippen LogP contribution < -0.4 is 10.6 Å². The van der Waals surface area contributed by atoms with Gasteiger partial charge in [-0.3, -0.25) is 9.59 Å². The van der Waals surface area contributed by atoms with Crippen molar-refractivity contribution in [2.75, 3.05) is 11.9 Å². The van der Waals surface area contributed by atoms with Crippen molar-refractivity contribution in [2.45, 2.75) is 12.5 Å². The van der Waals surface area contributed by atoms with E-state index in [4.69, 9.17) is 11.6 Å². The number of hydrogen-bond donors (Lipinski definition) is 3. The van der Waals surface area contributed by atoms with Gasteiger partial charge in [0.2, 0.25) is 0 Å². The Morgan fingerprint density at radius 2 is 1.63 bits per heavy atom. The molecule has 0 spiro atoms. The van der Waals surface area contributed by atoms with Crippen molar-refractivity contribution in [3.8, 4) is 0 Å². The Balaban J connectivity index is 1.53. The summed E-state index contributed by atoms with van der Waals surface area (Å²) in [7, 11) is 0. The number of halogens is 1. The highest BCUT2D eigenvalue weighted by Gasteiger charge is 2.15. The maximum atomic E-state index is 11.9. The molecule has 0 aliphatic carbocycles. The van der Waals surface area contributed by atoms with E-state index in [0.29, 0.717) is 17.1 Å². The highest BCUT2D eigenvalue weighted by Crippen LogP contribution is 2.25. The molecule has 0 bridgehead atoms. The summed E-state index contributed by atoms with van der Waals surface area (Å²) in [4.78, 5) is 23.8. The van der Waals surface area contributed by atoms with Gasteiger partial charge < -0.3 is 15.7 Å². The molecule has 138 valence electrons. The second-order valence-electron chi connectivity index (χ2n) is 6.09. The molecule has 27 heavy (non-hydrogen) atoms. The Hall–Kier alpha value is -2.89. The first-order chi connectivity index (χ1) is 13.0. The molecule has 5 nitrogen and oxygen atoms in total. The molecule has 0 radical (unpaired) electrons. The lowest BCUT2D eigenvalue weighted by Crippen LogP contribution is -2.36. The van der Waals surface area contributed by atoms with Gasteiger partial charge in [-0.25, -0.2) is 0 Å². The quantitative estimate of drug-likeness (QED) is 0.589. The van der Waals surface area contributed by atoms with E-state index in [2.05, 4.69) is 10.6 Å². The zero-order valence-corrected chi connectivity index (χ0v) is 15.2. The van der Waals surface area contributed by atoms with E-state index < -0.39 is 17.9 Å². The van der Waals surface area contributed by atoms with Crippen LogP contribution in [0.2, 0.25) is 5.02 Å². The summed E-state index contributed by atoms with van der Waals surface area (Å²) in [6.07, 6.45) is -0.440. The molecule has 0 saturated carbocycles. The fourth-order valence-electron chi connectivity index (χ4n) is 2.82. The highest BCUT2D eigenvalue weighted by molar-refractivity contribution is 6.39. The largest absolute Gasteiger partial charge is 0.388 e. The summed E-state index contributed by atoms with van der Waals surface area (Å²) >= 11 is 5.78. The van der Waals surface area contributed by atoms with Crippen LogP contribution in [0.5, 0.6) is 0 Å². The summed E-state index contributed by atoms with van der Waals surface area (Å²) in [5.74, 6) is -1.52. The molecule has 2 amide bonds. The van der Waals surface area contributed by atoms with Crippen molar-refractivity contribution in [2.24, 2.45) is 0 Å². The average molecular weight is 383 g/mol. The molecule has 0 aromatic heterocycles. The molecule has 3 N–H and O–H groups in total. The number of nitrogens with one attached hydrogen (secondary N) is 2. The standard InChI is InChI=1S/C21H19ClN2O3/c22-15-8-10-16(11-9-15)24-21(27)20(26)23-13-12-19(25)18-7-3-5-14-4-1-2-6-17(14)18/h1-11,19,25H,12-13H2,(H,23,26)(H,24,27). The molecule has 0 heterocycles. The predicted octanol–water partition coefficient (Wildman–Crippen LogP) is 3.67. The number of carbonyl (C=O) groups is 2. The lowest BCUT2D eigenvalue weighted by molar-refractivity contribution is -0.136. The highest BCUT2D eigenvalue weighted by atomic mass is 35.5. The normalized spacial score (nSPS) is 11.8. The van der Waals surface area contributed by atoms with Crippen LogP contribution in [0.3, 0.4) is 0 Å². The Morgan fingerprint density at radius 1 is 0.926 bits per heavy atom. The maximum Gasteiger partial charge on any atom is 0.313 e. The fourth-order valence-corrected chi connectivity index (χ4v) is 2.95. The third kappa shape index (κ3) is 4.84. The average Bonchev–Trinajstić information content (AvgIpc) is 2.69. The van der Waals surface area contributed by atoms with E-state index in [1.807, 2.05) is 42.5 Å². The second kappa shape index (κ2) is 8.66. The molecule has 3 rings (SSSR count). The van der Waals surface area contributed by atoms with Gasteiger partial charge in [0, 0.05) is 17.3 Å². The van der Waals surface area contributed by atoms with Crippen LogP contribution in [-0.4, -0.2) is 23.5 Å². The fraction of sp³-hybridized carbons (Fsp3) is 0.143. The molecular weight excluding hydrogens is 364 g/mol. The topological polar surface area (TPSA) is 78.4 Å². The summed E-state index contributed by atoms with van der Waals surface area (Å²) in [5, 5.41) is 18.0. The van der Waals surface area contributed by atoms with Crippen molar-refractivity contribution < 1.29 is 14.7 Å². The molecular formula is C21H19ClN2O3. The first kappa shape index (κ1) is 18.9. The van der Waals surface area contributed by atoms with Crippen molar-refractivity contribution in [3.05, 3.63) is 77.3 Å². The van der Waals surface area contributed by atoms with E-state index in [1.165, 1.54) is 0 Å². The van der Waals surface area contributed by atoms with Crippen LogP contribution >= 0.6 is 11.6 Å². The number of hydrogen-bond acceptors (Lipinski definition) is 3. The number of amides is 2. The van der Waals surface area contributed by atoms with Gasteiger partial charge in [-0.2, -0.15) is 0 Å². The third-order valence-electron chi connectivity index (χ3n) is 4.19. The summed E-state index contributed by atoms with van der Waals surface area (Å²) < 4.78 is 0. The molecule has 0 aliphatic rings. The van der Waals surface area contributed by atoms with Crippen LogP contribution in [0.25, 0.3) is 10.8 Å². The Labute approximate surface area is 162 Å². The lowest BCUT2D eigenvalue weighted by Gasteiger charge is -2.14. The number of aliphatic hydroxyl groups excluding tert-OH is 1. The minimum Gasteiger partial charge on any atom is -0.388 e. The molecule has 0 aliphatic heterocycles. The minimum atomic E-state index is -0.767. The van der Waals surface area contributed by atoms with E-state index in [9.17, 15) is 14.7 Å². The lowest BCUT2D eigenvalue weighted by atomic mass is 9.99. The first-order valence-electron chi connectivity index (χ1n) is 8.55. The number of rotatable bonds is 5. The van der Waals surface area contributed by atoms with Gasteiger partial charge in [0.15, 0.2) is 0 Å². The first-order valence-corrected chi connectivity index (χ1v) is 8.93. The van der Waals surface area contributed by atoms with Crippen LogP contribution in [-0.2, 0) is 9.59 Å². The predicted molar refractivity (Wildman–Crippen MR) is 107 cm³/mol. The van der Waals surface area contributed by atoms with Gasteiger partial charge in [-0.05, 0) is 47.0 Å². The van der Waals surface area contributed by atoms with Gasteiger partial charge in [-0.15, -0.1) is 0 Å². The Bertz CT molecular complexity index is 952. The Kier molecular flexibility index (Phi) is 6.06. The molecule has 3 aromatic carbocycles. The van der Waals surface area contributed by atoms with Gasteiger partial charge in [-0.1, -0.05) is 54.1 Å². The Morgan fingerprint density at radius 3 is 2.41 bits per heavy atom. The molecule has 1 atom stereocenters.